The predicted molar refractivity (Wildman–Crippen MR) is 129 cm³/mol. The van der Waals surface area contributed by atoms with E-state index in [1.807, 2.05) is 43.3 Å². The molecule has 0 spiro atoms. The van der Waals surface area contributed by atoms with Crippen LogP contribution in [0.25, 0.3) is 0 Å². The van der Waals surface area contributed by atoms with Gasteiger partial charge in [-0.1, -0.05) is 49.0 Å². The molecule has 0 saturated carbocycles. The van der Waals surface area contributed by atoms with Crippen LogP contribution in [0.1, 0.15) is 23.7 Å². The van der Waals surface area contributed by atoms with Crippen molar-refractivity contribution in [2.24, 2.45) is 0 Å². The standard InChI is InChI=1S/C24H23N3O4S2/c1-2-14-27-20-13-12-17(15-22(20)32-21-11-7-6-10-19(21)24(27)29)26-23(28)16-25-33(30,31)18-8-4-3-5-9-18/h3-13,15,25H,2,14,16H2,1H3,(H,26,28). The van der Waals surface area contributed by atoms with E-state index < -0.39 is 22.5 Å². The van der Waals surface area contributed by atoms with Crippen LogP contribution in [0.4, 0.5) is 11.4 Å². The Morgan fingerprint density at radius 3 is 2.45 bits per heavy atom. The molecule has 2 N–H and O–H groups in total. The number of rotatable bonds is 7. The third kappa shape index (κ3) is 5.11. The van der Waals surface area contributed by atoms with Crippen molar-refractivity contribution in [3.8, 4) is 0 Å². The molecule has 0 bridgehead atoms. The Hall–Kier alpha value is -3.14. The topological polar surface area (TPSA) is 95.6 Å². The summed E-state index contributed by atoms with van der Waals surface area (Å²) in [5.41, 5.74) is 1.95. The van der Waals surface area contributed by atoms with Gasteiger partial charge in [-0.15, -0.1) is 0 Å². The maximum Gasteiger partial charge on any atom is 0.259 e. The fourth-order valence-corrected chi connectivity index (χ4v) is 5.62. The minimum Gasteiger partial charge on any atom is -0.325 e. The van der Waals surface area contributed by atoms with Gasteiger partial charge in [0.1, 0.15) is 0 Å². The van der Waals surface area contributed by atoms with Crippen LogP contribution >= 0.6 is 11.8 Å². The number of amides is 2. The highest BCUT2D eigenvalue weighted by Crippen LogP contribution is 2.42. The molecule has 3 aromatic carbocycles. The molecule has 0 fully saturated rings. The number of anilines is 2. The lowest BCUT2D eigenvalue weighted by Crippen LogP contribution is -2.33. The average Bonchev–Trinajstić information content (AvgIpc) is 2.93. The molecule has 3 aromatic rings. The molecule has 2 amide bonds. The summed E-state index contributed by atoms with van der Waals surface area (Å²) in [5.74, 6) is -0.541. The summed E-state index contributed by atoms with van der Waals surface area (Å²) in [4.78, 5) is 29.1. The summed E-state index contributed by atoms with van der Waals surface area (Å²) in [6.45, 7) is 2.19. The molecule has 1 aliphatic rings. The monoisotopic (exact) mass is 481 g/mol. The maximum absolute atomic E-state index is 13.1. The van der Waals surface area contributed by atoms with Crippen molar-refractivity contribution >= 4 is 45.0 Å². The van der Waals surface area contributed by atoms with Gasteiger partial charge in [0, 0.05) is 22.0 Å². The van der Waals surface area contributed by atoms with Crippen LogP contribution in [0.3, 0.4) is 0 Å². The van der Waals surface area contributed by atoms with E-state index in [1.165, 1.54) is 23.9 Å². The van der Waals surface area contributed by atoms with E-state index in [0.29, 0.717) is 17.8 Å². The quantitative estimate of drug-likeness (QED) is 0.529. The van der Waals surface area contributed by atoms with Crippen molar-refractivity contribution < 1.29 is 18.0 Å². The Morgan fingerprint density at radius 2 is 1.70 bits per heavy atom. The van der Waals surface area contributed by atoms with Crippen molar-refractivity contribution in [3.05, 3.63) is 78.4 Å². The number of benzene rings is 3. The Bertz CT molecular complexity index is 1290. The molecular weight excluding hydrogens is 458 g/mol. The first-order valence-electron chi connectivity index (χ1n) is 10.5. The maximum atomic E-state index is 13.1. The van der Waals surface area contributed by atoms with Gasteiger partial charge in [0.05, 0.1) is 22.7 Å². The second-order valence-corrected chi connectivity index (χ2v) is 10.3. The van der Waals surface area contributed by atoms with Crippen LogP contribution < -0.4 is 14.9 Å². The molecule has 0 radical (unpaired) electrons. The number of hydrogen-bond donors (Lipinski definition) is 2. The lowest BCUT2D eigenvalue weighted by molar-refractivity contribution is -0.115. The van der Waals surface area contributed by atoms with E-state index in [2.05, 4.69) is 10.0 Å². The first-order valence-corrected chi connectivity index (χ1v) is 12.8. The number of carbonyl (C=O) groups excluding carboxylic acids is 2. The molecule has 1 heterocycles. The van der Waals surface area contributed by atoms with Crippen LogP contribution in [-0.2, 0) is 14.8 Å². The summed E-state index contributed by atoms with van der Waals surface area (Å²) in [6.07, 6.45) is 0.804. The fourth-order valence-electron chi connectivity index (χ4n) is 3.50. The normalized spacial score (nSPS) is 13.1. The molecule has 0 saturated heterocycles. The van der Waals surface area contributed by atoms with Crippen LogP contribution in [0.15, 0.2) is 87.5 Å². The molecule has 4 rings (SSSR count). The van der Waals surface area contributed by atoms with Gasteiger partial charge in [-0.25, -0.2) is 13.1 Å². The highest BCUT2D eigenvalue weighted by atomic mass is 32.2. The molecule has 1 aliphatic heterocycles. The number of nitrogens with zero attached hydrogens (tertiary/aromatic N) is 1. The van der Waals surface area contributed by atoms with E-state index in [4.69, 9.17) is 0 Å². The molecular formula is C24H23N3O4S2. The van der Waals surface area contributed by atoms with Gasteiger partial charge in [0.15, 0.2) is 0 Å². The smallest absolute Gasteiger partial charge is 0.259 e. The first kappa shape index (κ1) is 23.0. The van der Waals surface area contributed by atoms with E-state index in [0.717, 1.165) is 21.9 Å². The van der Waals surface area contributed by atoms with E-state index in [9.17, 15) is 18.0 Å². The molecule has 33 heavy (non-hydrogen) atoms. The molecule has 9 heteroatoms. The third-order valence-electron chi connectivity index (χ3n) is 5.04. The number of carbonyl (C=O) groups is 2. The van der Waals surface area contributed by atoms with Crippen LogP contribution in [0.2, 0.25) is 0 Å². The number of fused-ring (bicyclic) bond motifs is 2. The molecule has 170 valence electrons. The van der Waals surface area contributed by atoms with Crippen LogP contribution in [0.5, 0.6) is 0 Å². The molecule has 0 unspecified atom stereocenters. The largest absolute Gasteiger partial charge is 0.325 e. The van der Waals surface area contributed by atoms with Gasteiger partial charge in [-0.3, -0.25) is 9.59 Å². The Morgan fingerprint density at radius 1 is 0.970 bits per heavy atom. The second-order valence-electron chi connectivity index (χ2n) is 7.42. The van der Waals surface area contributed by atoms with Crippen molar-refractivity contribution in [2.75, 3.05) is 23.3 Å². The number of hydrogen-bond acceptors (Lipinski definition) is 5. The van der Waals surface area contributed by atoms with Gasteiger partial charge in [-0.2, -0.15) is 0 Å². The van der Waals surface area contributed by atoms with Gasteiger partial charge >= 0.3 is 0 Å². The van der Waals surface area contributed by atoms with Gasteiger partial charge in [0.25, 0.3) is 5.91 Å². The van der Waals surface area contributed by atoms with E-state index in [-0.39, 0.29) is 10.8 Å². The zero-order valence-corrected chi connectivity index (χ0v) is 19.6. The Kier molecular flexibility index (Phi) is 6.83. The minimum absolute atomic E-state index is 0.0502. The van der Waals surface area contributed by atoms with Crippen molar-refractivity contribution in [2.45, 2.75) is 28.0 Å². The highest BCUT2D eigenvalue weighted by molar-refractivity contribution is 7.99. The molecule has 0 atom stereocenters. The second kappa shape index (κ2) is 9.78. The first-order chi connectivity index (χ1) is 15.9. The number of sulfonamides is 1. The predicted octanol–water partition coefficient (Wildman–Crippen LogP) is 4.13. The van der Waals surface area contributed by atoms with Crippen LogP contribution in [-0.4, -0.2) is 33.3 Å². The number of nitrogens with one attached hydrogen (secondary N) is 2. The highest BCUT2D eigenvalue weighted by Gasteiger charge is 2.27. The minimum atomic E-state index is -3.78. The average molecular weight is 482 g/mol. The molecule has 0 aliphatic carbocycles. The Labute approximate surface area is 197 Å². The van der Waals surface area contributed by atoms with Crippen molar-refractivity contribution in [3.63, 3.8) is 0 Å². The zero-order valence-electron chi connectivity index (χ0n) is 17.9. The third-order valence-corrected chi connectivity index (χ3v) is 7.58. The summed E-state index contributed by atoms with van der Waals surface area (Å²) in [7, 11) is -3.78. The summed E-state index contributed by atoms with van der Waals surface area (Å²) < 4.78 is 27.0. The van der Waals surface area contributed by atoms with Gasteiger partial charge < -0.3 is 10.2 Å². The SMILES string of the molecule is CCCN1C(=O)c2ccccc2Sc2cc(NC(=O)CNS(=O)(=O)c3ccccc3)ccc21. The molecule has 0 aromatic heterocycles. The van der Waals surface area contributed by atoms with E-state index >= 15 is 0 Å². The Balaban J connectivity index is 1.53. The van der Waals surface area contributed by atoms with Gasteiger partial charge in [-0.05, 0) is 48.9 Å². The van der Waals surface area contributed by atoms with Crippen molar-refractivity contribution in [1.82, 2.24) is 4.72 Å². The van der Waals surface area contributed by atoms with Crippen LogP contribution in [0, 0.1) is 0 Å². The lowest BCUT2D eigenvalue weighted by Gasteiger charge is -2.22. The zero-order chi connectivity index (χ0) is 23.4. The van der Waals surface area contributed by atoms with Crippen molar-refractivity contribution in [1.29, 1.82) is 0 Å². The summed E-state index contributed by atoms with van der Waals surface area (Å²) >= 11 is 1.47. The fraction of sp³-hybridized carbons (Fsp3) is 0.167. The summed E-state index contributed by atoms with van der Waals surface area (Å²) in [5, 5.41) is 2.74. The summed E-state index contributed by atoms with van der Waals surface area (Å²) in [6, 6.07) is 20.7. The molecule has 7 nitrogen and oxygen atoms in total. The van der Waals surface area contributed by atoms with Gasteiger partial charge in [0.2, 0.25) is 15.9 Å². The van der Waals surface area contributed by atoms with E-state index in [1.54, 1.807) is 29.2 Å². The lowest BCUT2D eigenvalue weighted by atomic mass is 10.1.